The lowest BCUT2D eigenvalue weighted by atomic mass is 10.0. The molecule has 3 aromatic carbocycles. The molecule has 0 spiro atoms. The maximum Gasteiger partial charge on any atom is 0.0406 e. The highest BCUT2D eigenvalue weighted by atomic mass is 35.5. The SMILES string of the molecule is C[C@H](NCc1cccc2ccccc12)c1ccc(Cl)cc1. The molecule has 0 aliphatic rings. The van der Waals surface area contributed by atoms with Crippen LogP contribution in [0.3, 0.4) is 0 Å². The van der Waals surface area contributed by atoms with Gasteiger partial charge in [0.2, 0.25) is 0 Å². The van der Waals surface area contributed by atoms with E-state index in [0.717, 1.165) is 11.6 Å². The van der Waals surface area contributed by atoms with Gasteiger partial charge < -0.3 is 5.32 Å². The Kier molecular flexibility index (Phi) is 4.23. The zero-order valence-electron chi connectivity index (χ0n) is 12.0. The van der Waals surface area contributed by atoms with Gasteiger partial charge in [0.1, 0.15) is 0 Å². The van der Waals surface area contributed by atoms with Crippen LogP contribution in [0, 0.1) is 0 Å². The fraction of sp³-hybridized carbons (Fsp3) is 0.158. The molecule has 0 aliphatic heterocycles. The third-order valence-corrected chi connectivity index (χ3v) is 4.10. The lowest BCUT2D eigenvalue weighted by Crippen LogP contribution is -2.18. The van der Waals surface area contributed by atoms with Crippen molar-refractivity contribution < 1.29 is 0 Å². The van der Waals surface area contributed by atoms with Crippen LogP contribution in [0.2, 0.25) is 5.02 Å². The molecule has 3 aromatic rings. The van der Waals surface area contributed by atoms with Gasteiger partial charge in [-0.2, -0.15) is 0 Å². The average Bonchev–Trinajstić information content (AvgIpc) is 2.53. The van der Waals surface area contributed by atoms with E-state index in [2.05, 4.69) is 66.8 Å². The lowest BCUT2D eigenvalue weighted by molar-refractivity contribution is 0.576. The van der Waals surface area contributed by atoms with E-state index in [4.69, 9.17) is 11.6 Å². The van der Waals surface area contributed by atoms with Crippen LogP contribution in [0.5, 0.6) is 0 Å². The van der Waals surface area contributed by atoms with Gasteiger partial charge in [0.25, 0.3) is 0 Å². The molecule has 0 saturated carbocycles. The van der Waals surface area contributed by atoms with Gasteiger partial charge in [0, 0.05) is 17.6 Å². The van der Waals surface area contributed by atoms with Crippen LogP contribution in [0.4, 0.5) is 0 Å². The van der Waals surface area contributed by atoms with Crippen molar-refractivity contribution in [3.8, 4) is 0 Å². The third-order valence-electron chi connectivity index (χ3n) is 3.85. The summed E-state index contributed by atoms with van der Waals surface area (Å²) in [6, 6.07) is 23.3. The second-order valence-electron chi connectivity index (χ2n) is 5.29. The van der Waals surface area contributed by atoms with Crippen LogP contribution in [0.1, 0.15) is 24.1 Å². The first-order valence-corrected chi connectivity index (χ1v) is 7.57. The highest BCUT2D eigenvalue weighted by Crippen LogP contribution is 2.20. The Balaban J connectivity index is 1.76. The van der Waals surface area contributed by atoms with Gasteiger partial charge in [-0.25, -0.2) is 0 Å². The summed E-state index contributed by atoms with van der Waals surface area (Å²) in [6.07, 6.45) is 0. The Bertz CT molecular complexity index is 729. The molecule has 0 bridgehead atoms. The number of halogens is 1. The predicted octanol–water partition coefficient (Wildman–Crippen LogP) is 5.34. The zero-order valence-corrected chi connectivity index (χ0v) is 12.8. The van der Waals surface area contributed by atoms with Crippen LogP contribution < -0.4 is 5.32 Å². The maximum atomic E-state index is 5.93. The lowest BCUT2D eigenvalue weighted by Gasteiger charge is -2.15. The van der Waals surface area contributed by atoms with Crippen LogP contribution in [-0.4, -0.2) is 0 Å². The Morgan fingerprint density at radius 2 is 1.62 bits per heavy atom. The molecule has 2 heteroatoms. The largest absolute Gasteiger partial charge is 0.306 e. The Labute approximate surface area is 130 Å². The first-order chi connectivity index (χ1) is 10.2. The second-order valence-corrected chi connectivity index (χ2v) is 5.73. The quantitative estimate of drug-likeness (QED) is 0.684. The highest BCUT2D eigenvalue weighted by Gasteiger charge is 2.06. The van der Waals surface area contributed by atoms with Crippen molar-refractivity contribution in [2.75, 3.05) is 0 Å². The molecule has 0 heterocycles. The molecular weight excluding hydrogens is 278 g/mol. The molecule has 0 saturated heterocycles. The Morgan fingerprint density at radius 1 is 0.905 bits per heavy atom. The van der Waals surface area contributed by atoms with E-state index in [1.54, 1.807) is 0 Å². The zero-order chi connectivity index (χ0) is 14.7. The van der Waals surface area contributed by atoms with Gasteiger partial charge in [0.15, 0.2) is 0 Å². The first-order valence-electron chi connectivity index (χ1n) is 7.19. The van der Waals surface area contributed by atoms with Gasteiger partial charge in [-0.05, 0) is 41.0 Å². The standard InChI is InChI=1S/C19H18ClN/c1-14(15-9-11-18(20)12-10-15)21-13-17-7-4-6-16-5-2-3-8-19(16)17/h2-12,14,21H,13H2,1H3/t14-/m0/s1. The van der Waals surface area contributed by atoms with E-state index < -0.39 is 0 Å². The third kappa shape index (κ3) is 3.26. The smallest absolute Gasteiger partial charge is 0.0406 e. The molecule has 21 heavy (non-hydrogen) atoms. The monoisotopic (exact) mass is 295 g/mol. The summed E-state index contributed by atoms with van der Waals surface area (Å²) in [6.45, 7) is 3.03. The van der Waals surface area contributed by atoms with Gasteiger partial charge in [-0.15, -0.1) is 0 Å². The van der Waals surface area contributed by atoms with Crippen molar-refractivity contribution in [1.82, 2.24) is 5.32 Å². The van der Waals surface area contributed by atoms with E-state index in [1.165, 1.54) is 21.9 Å². The van der Waals surface area contributed by atoms with Crippen molar-refractivity contribution in [3.05, 3.63) is 82.9 Å². The molecule has 0 unspecified atom stereocenters. The molecule has 1 nitrogen and oxygen atoms in total. The van der Waals surface area contributed by atoms with E-state index >= 15 is 0 Å². The molecular formula is C19H18ClN. The molecule has 3 rings (SSSR count). The minimum atomic E-state index is 0.293. The van der Waals surface area contributed by atoms with Crippen LogP contribution in [0.15, 0.2) is 66.7 Å². The van der Waals surface area contributed by atoms with E-state index in [9.17, 15) is 0 Å². The first kappa shape index (κ1) is 14.1. The van der Waals surface area contributed by atoms with Crippen molar-refractivity contribution in [2.45, 2.75) is 19.5 Å². The summed E-state index contributed by atoms with van der Waals surface area (Å²) in [5, 5.41) is 6.96. The number of hydrogen-bond acceptors (Lipinski definition) is 1. The number of nitrogens with one attached hydrogen (secondary N) is 1. The predicted molar refractivity (Wildman–Crippen MR) is 90.7 cm³/mol. The topological polar surface area (TPSA) is 12.0 Å². The van der Waals surface area contributed by atoms with Crippen molar-refractivity contribution >= 4 is 22.4 Å². The molecule has 1 atom stereocenters. The van der Waals surface area contributed by atoms with E-state index in [-0.39, 0.29) is 0 Å². The molecule has 0 fully saturated rings. The van der Waals surface area contributed by atoms with Crippen LogP contribution in [0.25, 0.3) is 10.8 Å². The minimum Gasteiger partial charge on any atom is -0.306 e. The summed E-state index contributed by atoms with van der Waals surface area (Å²) < 4.78 is 0. The molecule has 106 valence electrons. The van der Waals surface area contributed by atoms with Gasteiger partial charge >= 0.3 is 0 Å². The van der Waals surface area contributed by atoms with Crippen molar-refractivity contribution in [3.63, 3.8) is 0 Å². The van der Waals surface area contributed by atoms with Crippen LogP contribution >= 0.6 is 11.6 Å². The van der Waals surface area contributed by atoms with Crippen molar-refractivity contribution in [2.24, 2.45) is 0 Å². The van der Waals surface area contributed by atoms with Crippen molar-refractivity contribution in [1.29, 1.82) is 0 Å². The van der Waals surface area contributed by atoms with Gasteiger partial charge in [-0.1, -0.05) is 66.2 Å². The molecule has 0 aromatic heterocycles. The maximum absolute atomic E-state index is 5.93. The van der Waals surface area contributed by atoms with E-state index in [0.29, 0.717) is 6.04 Å². The molecule has 0 radical (unpaired) electrons. The highest BCUT2D eigenvalue weighted by molar-refractivity contribution is 6.30. The number of hydrogen-bond donors (Lipinski definition) is 1. The number of rotatable bonds is 4. The van der Waals surface area contributed by atoms with E-state index in [1.807, 2.05) is 12.1 Å². The normalized spacial score (nSPS) is 12.5. The minimum absolute atomic E-state index is 0.293. The summed E-state index contributed by atoms with van der Waals surface area (Å²) in [5.74, 6) is 0. The second kappa shape index (κ2) is 6.30. The molecule has 0 amide bonds. The fourth-order valence-corrected chi connectivity index (χ4v) is 2.70. The van der Waals surface area contributed by atoms with Crippen LogP contribution in [-0.2, 0) is 6.54 Å². The van der Waals surface area contributed by atoms with Gasteiger partial charge in [0.05, 0.1) is 0 Å². The summed E-state index contributed by atoms with van der Waals surface area (Å²) in [5.41, 5.74) is 2.58. The average molecular weight is 296 g/mol. The molecule has 1 N–H and O–H groups in total. The fourth-order valence-electron chi connectivity index (χ4n) is 2.58. The number of benzene rings is 3. The molecule has 0 aliphatic carbocycles. The summed E-state index contributed by atoms with van der Waals surface area (Å²) >= 11 is 5.93. The van der Waals surface area contributed by atoms with Gasteiger partial charge in [-0.3, -0.25) is 0 Å². The summed E-state index contributed by atoms with van der Waals surface area (Å²) in [4.78, 5) is 0. The Hall–Kier alpha value is -1.83. The summed E-state index contributed by atoms with van der Waals surface area (Å²) in [7, 11) is 0. The number of fused-ring (bicyclic) bond motifs is 1. The Morgan fingerprint density at radius 3 is 2.43 bits per heavy atom.